The van der Waals surface area contributed by atoms with Gasteiger partial charge in [0.05, 0.1) is 4.90 Å². The Morgan fingerprint density at radius 3 is 2.54 bits per heavy atom. The molecule has 10 heteroatoms. The van der Waals surface area contributed by atoms with Gasteiger partial charge >= 0.3 is 0 Å². The van der Waals surface area contributed by atoms with Crippen LogP contribution in [0.2, 0.25) is 5.02 Å². The fraction of sp³-hybridized carbons (Fsp3) is 0.278. The maximum atomic E-state index is 14.0. The van der Waals surface area contributed by atoms with Gasteiger partial charge in [-0.1, -0.05) is 11.6 Å². The molecule has 5 nitrogen and oxygen atoms in total. The summed E-state index contributed by atoms with van der Waals surface area (Å²) in [6, 6.07) is 6.55. The van der Waals surface area contributed by atoms with Crippen LogP contribution in [0.1, 0.15) is 12.0 Å². The molecule has 2 aromatic carbocycles. The second-order valence-electron chi connectivity index (χ2n) is 6.33. The van der Waals surface area contributed by atoms with E-state index in [9.17, 15) is 26.4 Å². The molecule has 1 heterocycles. The van der Waals surface area contributed by atoms with E-state index in [1.54, 1.807) is 0 Å². The summed E-state index contributed by atoms with van der Waals surface area (Å²) in [4.78, 5) is 12.3. The smallest absolute Gasteiger partial charge is 0.243 e. The SMILES string of the molecule is O=C(NCc1cc(Cl)ccc1F)C1CC(F)CN1S(=O)(=O)c1ccc(F)cc1. The molecule has 1 aliphatic heterocycles. The molecule has 0 aliphatic carbocycles. The van der Waals surface area contributed by atoms with Crippen LogP contribution in [-0.2, 0) is 21.4 Å². The van der Waals surface area contributed by atoms with Crippen molar-refractivity contribution in [2.24, 2.45) is 0 Å². The van der Waals surface area contributed by atoms with Crippen LogP contribution >= 0.6 is 11.6 Å². The lowest BCUT2D eigenvalue weighted by Crippen LogP contribution is -2.45. The molecule has 1 aliphatic rings. The third kappa shape index (κ3) is 4.31. The van der Waals surface area contributed by atoms with Crippen molar-refractivity contribution in [1.82, 2.24) is 9.62 Å². The topological polar surface area (TPSA) is 66.5 Å². The first-order chi connectivity index (χ1) is 13.2. The Labute approximate surface area is 165 Å². The molecule has 3 rings (SSSR count). The van der Waals surface area contributed by atoms with Gasteiger partial charge in [0.25, 0.3) is 0 Å². The average molecular weight is 433 g/mol. The van der Waals surface area contributed by atoms with Gasteiger partial charge in [-0.25, -0.2) is 21.6 Å². The first-order valence-corrected chi connectivity index (χ1v) is 10.1. The van der Waals surface area contributed by atoms with Crippen LogP contribution in [-0.4, -0.2) is 37.4 Å². The molecule has 2 aromatic rings. The van der Waals surface area contributed by atoms with Gasteiger partial charge in [-0.15, -0.1) is 0 Å². The molecule has 1 amide bonds. The third-order valence-electron chi connectivity index (χ3n) is 4.39. The molecule has 0 aromatic heterocycles. The number of hydrogen-bond acceptors (Lipinski definition) is 3. The van der Waals surface area contributed by atoms with Crippen molar-refractivity contribution in [1.29, 1.82) is 0 Å². The van der Waals surface area contributed by atoms with E-state index < -0.39 is 46.3 Å². The molecule has 2 unspecified atom stereocenters. The zero-order valence-electron chi connectivity index (χ0n) is 14.4. The van der Waals surface area contributed by atoms with Crippen molar-refractivity contribution < 1.29 is 26.4 Å². The van der Waals surface area contributed by atoms with Gasteiger partial charge in [0, 0.05) is 30.1 Å². The molecule has 0 radical (unpaired) electrons. The monoisotopic (exact) mass is 432 g/mol. The van der Waals surface area contributed by atoms with Gasteiger partial charge in [-0.3, -0.25) is 4.79 Å². The van der Waals surface area contributed by atoms with Crippen molar-refractivity contribution in [3.8, 4) is 0 Å². The second-order valence-corrected chi connectivity index (χ2v) is 8.66. The molecular formula is C18H16ClF3N2O3S. The predicted octanol–water partition coefficient (Wildman–Crippen LogP) is 3.04. The maximum absolute atomic E-state index is 14.0. The normalized spacial score (nSPS) is 20.3. The molecule has 1 saturated heterocycles. The zero-order valence-corrected chi connectivity index (χ0v) is 16.0. The van der Waals surface area contributed by atoms with E-state index in [4.69, 9.17) is 11.6 Å². The summed E-state index contributed by atoms with van der Waals surface area (Å²) < 4.78 is 67.1. The lowest BCUT2D eigenvalue weighted by Gasteiger charge is -2.23. The first-order valence-electron chi connectivity index (χ1n) is 8.31. The highest BCUT2D eigenvalue weighted by Gasteiger charge is 2.44. The summed E-state index contributed by atoms with van der Waals surface area (Å²) in [6.45, 7) is -0.730. The number of alkyl halides is 1. The van der Waals surface area contributed by atoms with Gasteiger partial charge in [-0.2, -0.15) is 4.31 Å². The van der Waals surface area contributed by atoms with Crippen LogP contribution in [0.15, 0.2) is 47.4 Å². The molecule has 2 atom stereocenters. The molecule has 1 N–H and O–H groups in total. The minimum absolute atomic E-state index is 0.114. The van der Waals surface area contributed by atoms with E-state index in [1.165, 1.54) is 12.1 Å². The van der Waals surface area contributed by atoms with Gasteiger partial charge in [0.2, 0.25) is 15.9 Å². The number of carbonyl (C=O) groups is 1. The van der Waals surface area contributed by atoms with Crippen LogP contribution in [0.4, 0.5) is 13.2 Å². The van der Waals surface area contributed by atoms with Crippen LogP contribution in [0.3, 0.4) is 0 Å². The lowest BCUT2D eigenvalue weighted by atomic mass is 10.2. The Balaban J connectivity index is 1.78. The van der Waals surface area contributed by atoms with Gasteiger partial charge in [0.15, 0.2) is 0 Å². The summed E-state index contributed by atoms with van der Waals surface area (Å²) >= 11 is 5.80. The van der Waals surface area contributed by atoms with Crippen LogP contribution in [0.25, 0.3) is 0 Å². The summed E-state index contributed by atoms with van der Waals surface area (Å²) in [5.41, 5.74) is 0.114. The minimum atomic E-state index is -4.21. The van der Waals surface area contributed by atoms with E-state index in [0.717, 1.165) is 34.6 Å². The quantitative estimate of drug-likeness (QED) is 0.789. The van der Waals surface area contributed by atoms with Gasteiger partial charge in [0.1, 0.15) is 23.8 Å². The number of hydrogen-bond donors (Lipinski definition) is 1. The Morgan fingerprint density at radius 1 is 1.18 bits per heavy atom. The fourth-order valence-corrected chi connectivity index (χ4v) is 4.80. The zero-order chi connectivity index (χ0) is 20.5. The Morgan fingerprint density at radius 2 is 1.86 bits per heavy atom. The minimum Gasteiger partial charge on any atom is -0.351 e. The molecule has 0 bridgehead atoms. The van der Waals surface area contributed by atoms with E-state index >= 15 is 0 Å². The maximum Gasteiger partial charge on any atom is 0.243 e. The fourth-order valence-electron chi connectivity index (χ4n) is 2.98. The first kappa shape index (κ1) is 20.6. The van der Waals surface area contributed by atoms with E-state index in [-0.39, 0.29) is 28.4 Å². The molecule has 150 valence electrons. The van der Waals surface area contributed by atoms with Crippen molar-refractivity contribution in [2.45, 2.75) is 30.1 Å². The van der Waals surface area contributed by atoms with Crippen molar-refractivity contribution in [2.75, 3.05) is 6.54 Å². The van der Waals surface area contributed by atoms with Crippen molar-refractivity contribution >= 4 is 27.5 Å². The Hall–Kier alpha value is -2.10. The van der Waals surface area contributed by atoms with Crippen LogP contribution < -0.4 is 5.32 Å². The largest absolute Gasteiger partial charge is 0.351 e. The predicted molar refractivity (Wildman–Crippen MR) is 96.8 cm³/mol. The van der Waals surface area contributed by atoms with E-state index in [2.05, 4.69) is 5.32 Å². The Bertz CT molecular complexity index is 986. The number of nitrogens with one attached hydrogen (secondary N) is 1. The number of amides is 1. The highest BCUT2D eigenvalue weighted by atomic mass is 35.5. The van der Waals surface area contributed by atoms with E-state index in [1.807, 2.05) is 0 Å². The molecule has 1 fully saturated rings. The standard InChI is InChI=1S/C18H16ClF3N2O3S/c19-12-1-6-16(22)11(7-12)9-23-18(25)17-8-14(21)10-24(17)28(26,27)15-4-2-13(20)3-5-15/h1-7,14,17H,8-10H2,(H,23,25). The molecule has 0 spiro atoms. The third-order valence-corrected chi connectivity index (χ3v) is 6.51. The highest BCUT2D eigenvalue weighted by Crippen LogP contribution is 2.28. The molecular weight excluding hydrogens is 417 g/mol. The van der Waals surface area contributed by atoms with Crippen LogP contribution in [0.5, 0.6) is 0 Å². The summed E-state index contributed by atoms with van der Waals surface area (Å²) in [5, 5.41) is 2.70. The summed E-state index contributed by atoms with van der Waals surface area (Å²) in [6.07, 6.45) is -1.86. The lowest BCUT2D eigenvalue weighted by molar-refractivity contribution is -0.124. The average Bonchev–Trinajstić information content (AvgIpc) is 3.05. The highest BCUT2D eigenvalue weighted by molar-refractivity contribution is 7.89. The van der Waals surface area contributed by atoms with Crippen molar-refractivity contribution in [3.05, 3.63) is 64.7 Å². The Kier molecular flexibility index (Phi) is 5.97. The second kappa shape index (κ2) is 8.10. The van der Waals surface area contributed by atoms with E-state index in [0.29, 0.717) is 0 Å². The molecule has 0 saturated carbocycles. The number of rotatable bonds is 5. The number of benzene rings is 2. The molecule has 28 heavy (non-hydrogen) atoms. The number of carbonyl (C=O) groups excluding carboxylic acids is 1. The number of nitrogens with zero attached hydrogens (tertiary/aromatic N) is 1. The van der Waals surface area contributed by atoms with Gasteiger partial charge < -0.3 is 5.32 Å². The van der Waals surface area contributed by atoms with Gasteiger partial charge in [-0.05, 0) is 42.5 Å². The van der Waals surface area contributed by atoms with Crippen molar-refractivity contribution in [3.63, 3.8) is 0 Å². The number of halogens is 4. The van der Waals surface area contributed by atoms with Crippen LogP contribution in [0, 0.1) is 11.6 Å². The number of sulfonamides is 1. The summed E-state index contributed by atoms with van der Waals surface area (Å²) in [7, 11) is -4.21. The summed E-state index contributed by atoms with van der Waals surface area (Å²) in [5.74, 6) is -1.97.